The number of amides is 1. The maximum absolute atomic E-state index is 13.2. The molecule has 1 amide bonds. The fourth-order valence-corrected chi connectivity index (χ4v) is 1.61. The van der Waals surface area contributed by atoms with Gasteiger partial charge in [-0.15, -0.1) is 0 Å². The van der Waals surface area contributed by atoms with Crippen LogP contribution in [0.15, 0.2) is 23.4 Å². The number of halogens is 1. The van der Waals surface area contributed by atoms with Gasteiger partial charge in [0.15, 0.2) is 6.61 Å². The van der Waals surface area contributed by atoms with Crippen molar-refractivity contribution in [3.63, 3.8) is 0 Å². The smallest absolute Gasteiger partial charge is 0.258 e. The maximum atomic E-state index is 13.2. The summed E-state index contributed by atoms with van der Waals surface area (Å²) in [6.07, 6.45) is 1.99. The SMILES string of the molecule is CC(=NO)c1ccc(F)cc1OCC(=O)NC1CC1. The second-order valence-electron chi connectivity index (χ2n) is 4.46. The fraction of sp³-hybridized carbons (Fsp3) is 0.385. The van der Waals surface area contributed by atoms with Gasteiger partial charge in [-0.25, -0.2) is 4.39 Å². The maximum Gasteiger partial charge on any atom is 0.258 e. The molecule has 102 valence electrons. The highest BCUT2D eigenvalue weighted by molar-refractivity contribution is 6.00. The summed E-state index contributed by atoms with van der Waals surface area (Å²) in [4.78, 5) is 11.5. The molecule has 0 spiro atoms. The minimum atomic E-state index is -0.480. The second kappa shape index (κ2) is 5.69. The van der Waals surface area contributed by atoms with E-state index in [1.807, 2.05) is 0 Å². The van der Waals surface area contributed by atoms with Crippen LogP contribution in [-0.4, -0.2) is 29.5 Å². The standard InChI is InChI=1S/C13H15FN2O3/c1-8(16-18)11-5-2-9(14)6-12(11)19-7-13(17)15-10-3-4-10/h2,5-6,10,18H,3-4,7H2,1H3,(H,15,17). The molecule has 2 rings (SSSR count). The van der Waals surface area contributed by atoms with Crippen LogP contribution < -0.4 is 10.1 Å². The lowest BCUT2D eigenvalue weighted by molar-refractivity contribution is -0.123. The van der Waals surface area contributed by atoms with Crippen molar-refractivity contribution in [3.05, 3.63) is 29.6 Å². The number of nitrogens with one attached hydrogen (secondary N) is 1. The molecule has 1 fully saturated rings. The van der Waals surface area contributed by atoms with Gasteiger partial charge < -0.3 is 15.3 Å². The molecular formula is C13H15FN2O3. The number of nitrogens with zero attached hydrogens (tertiary/aromatic N) is 1. The van der Waals surface area contributed by atoms with Gasteiger partial charge in [0.1, 0.15) is 11.6 Å². The molecule has 0 atom stereocenters. The Balaban J connectivity index is 2.04. The Morgan fingerprint density at radius 2 is 2.32 bits per heavy atom. The molecule has 6 heteroatoms. The van der Waals surface area contributed by atoms with Crippen molar-refractivity contribution < 1.29 is 19.1 Å². The molecule has 0 unspecified atom stereocenters. The molecule has 2 N–H and O–H groups in total. The van der Waals surface area contributed by atoms with Gasteiger partial charge in [-0.3, -0.25) is 4.79 Å². The van der Waals surface area contributed by atoms with Crippen molar-refractivity contribution in [2.24, 2.45) is 5.16 Å². The number of hydrogen-bond acceptors (Lipinski definition) is 4. The van der Waals surface area contributed by atoms with Crippen LogP contribution in [0.1, 0.15) is 25.3 Å². The molecule has 0 radical (unpaired) electrons. The van der Waals surface area contributed by atoms with Crippen LogP contribution >= 0.6 is 0 Å². The summed E-state index contributed by atoms with van der Waals surface area (Å²) < 4.78 is 18.5. The van der Waals surface area contributed by atoms with E-state index in [1.165, 1.54) is 12.1 Å². The van der Waals surface area contributed by atoms with Crippen LogP contribution in [0.2, 0.25) is 0 Å². The van der Waals surface area contributed by atoms with Crippen molar-refractivity contribution in [2.45, 2.75) is 25.8 Å². The van der Waals surface area contributed by atoms with Crippen LogP contribution in [0.25, 0.3) is 0 Å². The Bertz CT molecular complexity index is 513. The molecule has 1 aliphatic rings. The highest BCUT2D eigenvalue weighted by Gasteiger charge is 2.23. The third-order valence-corrected chi connectivity index (χ3v) is 2.78. The van der Waals surface area contributed by atoms with Gasteiger partial charge in [0.2, 0.25) is 0 Å². The van der Waals surface area contributed by atoms with E-state index >= 15 is 0 Å². The fourth-order valence-electron chi connectivity index (χ4n) is 1.61. The molecule has 19 heavy (non-hydrogen) atoms. The van der Waals surface area contributed by atoms with E-state index in [1.54, 1.807) is 6.92 Å². The molecular weight excluding hydrogens is 251 g/mol. The summed E-state index contributed by atoms with van der Waals surface area (Å²) in [6.45, 7) is 1.37. The van der Waals surface area contributed by atoms with Crippen LogP contribution in [0, 0.1) is 5.82 Å². The topological polar surface area (TPSA) is 70.9 Å². The van der Waals surface area contributed by atoms with E-state index in [0.29, 0.717) is 5.56 Å². The number of carbonyl (C=O) groups excluding carboxylic acids is 1. The van der Waals surface area contributed by atoms with Crippen LogP contribution in [0.4, 0.5) is 4.39 Å². The molecule has 1 saturated carbocycles. The number of benzene rings is 1. The zero-order chi connectivity index (χ0) is 13.8. The van der Waals surface area contributed by atoms with Gasteiger partial charge >= 0.3 is 0 Å². The monoisotopic (exact) mass is 266 g/mol. The first-order chi connectivity index (χ1) is 9.10. The highest BCUT2D eigenvalue weighted by atomic mass is 19.1. The van der Waals surface area contributed by atoms with E-state index in [9.17, 15) is 9.18 Å². The number of oxime groups is 1. The highest BCUT2D eigenvalue weighted by Crippen LogP contribution is 2.21. The average Bonchev–Trinajstić information content (AvgIpc) is 3.19. The molecule has 0 heterocycles. The van der Waals surface area contributed by atoms with Gasteiger partial charge in [0.25, 0.3) is 5.91 Å². The normalized spacial score (nSPS) is 15.2. The van der Waals surface area contributed by atoms with E-state index in [-0.39, 0.29) is 30.0 Å². The number of carbonyl (C=O) groups is 1. The summed E-state index contributed by atoms with van der Waals surface area (Å²) >= 11 is 0. The van der Waals surface area contributed by atoms with E-state index in [2.05, 4.69) is 10.5 Å². The lowest BCUT2D eigenvalue weighted by Crippen LogP contribution is -2.30. The summed E-state index contributed by atoms with van der Waals surface area (Å²) in [5, 5.41) is 14.6. The van der Waals surface area contributed by atoms with Crippen molar-refractivity contribution in [3.8, 4) is 5.75 Å². The number of ether oxygens (including phenoxy) is 1. The molecule has 0 aliphatic heterocycles. The van der Waals surface area contributed by atoms with Crippen LogP contribution in [0.3, 0.4) is 0 Å². The van der Waals surface area contributed by atoms with Gasteiger partial charge in [-0.05, 0) is 31.9 Å². The van der Waals surface area contributed by atoms with E-state index in [0.717, 1.165) is 18.9 Å². The van der Waals surface area contributed by atoms with Gasteiger partial charge in [0, 0.05) is 17.7 Å². The third kappa shape index (κ3) is 3.67. The Hall–Kier alpha value is -2.11. The molecule has 5 nitrogen and oxygen atoms in total. The predicted octanol–water partition coefficient (Wildman–Crippen LogP) is 1.68. The molecule has 0 saturated heterocycles. The Labute approximate surface area is 110 Å². The van der Waals surface area contributed by atoms with Crippen molar-refractivity contribution in [1.29, 1.82) is 0 Å². The zero-order valence-corrected chi connectivity index (χ0v) is 10.5. The Morgan fingerprint density at radius 1 is 1.58 bits per heavy atom. The average molecular weight is 266 g/mol. The first kappa shape index (κ1) is 13.3. The predicted molar refractivity (Wildman–Crippen MR) is 67.1 cm³/mol. The molecule has 0 aromatic heterocycles. The number of hydrogen-bond donors (Lipinski definition) is 2. The first-order valence-electron chi connectivity index (χ1n) is 6.01. The second-order valence-corrected chi connectivity index (χ2v) is 4.46. The van der Waals surface area contributed by atoms with Crippen molar-refractivity contribution in [2.75, 3.05) is 6.61 Å². The largest absolute Gasteiger partial charge is 0.483 e. The molecule has 1 aliphatic carbocycles. The lowest BCUT2D eigenvalue weighted by atomic mass is 10.1. The minimum absolute atomic E-state index is 0.182. The van der Waals surface area contributed by atoms with Crippen LogP contribution in [-0.2, 0) is 4.79 Å². The molecule has 1 aromatic rings. The van der Waals surface area contributed by atoms with Gasteiger partial charge in [-0.1, -0.05) is 5.16 Å². The third-order valence-electron chi connectivity index (χ3n) is 2.78. The van der Waals surface area contributed by atoms with Crippen molar-refractivity contribution in [1.82, 2.24) is 5.32 Å². The van der Waals surface area contributed by atoms with Gasteiger partial charge in [-0.2, -0.15) is 0 Å². The number of rotatable bonds is 5. The Kier molecular flexibility index (Phi) is 3.99. The van der Waals surface area contributed by atoms with Gasteiger partial charge in [0.05, 0.1) is 5.71 Å². The summed E-state index contributed by atoms with van der Waals surface area (Å²) in [5.74, 6) is -0.537. The van der Waals surface area contributed by atoms with Crippen LogP contribution in [0.5, 0.6) is 5.75 Å². The minimum Gasteiger partial charge on any atom is -0.483 e. The zero-order valence-electron chi connectivity index (χ0n) is 10.5. The van der Waals surface area contributed by atoms with E-state index < -0.39 is 5.82 Å². The Morgan fingerprint density at radius 3 is 2.95 bits per heavy atom. The molecule has 1 aromatic carbocycles. The first-order valence-corrected chi connectivity index (χ1v) is 6.01. The lowest BCUT2D eigenvalue weighted by Gasteiger charge is -2.11. The summed E-state index contributed by atoms with van der Waals surface area (Å²) in [6, 6.07) is 4.09. The summed E-state index contributed by atoms with van der Waals surface area (Å²) in [7, 11) is 0. The molecule has 0 bridgehead atoms. The van der Waals surface area contributed by atoms with E-state index in [4.69, 9.17) is 9.94 Å². The quantitative estimate of drug-likeness (QED) is 0.484. The summed E-state index contributed by atoms with van der Waals surface area (Å²) in [5.41, 5.74) is 0.737. The van der Waals surface area contributed by atoms with Crippen molar-refractivity contribution >= 4 is 11.6 Å².